The number of nitrogens with one attached hydrogen (secondary N) is 2. The molecule has 0 radical (unpaired) electrons. The number of aromatic nitrogens is 3. The van der Waals surface area contributed by atoms with E-state index in [2.05, 4.69) is 15.5 Å². The number of rotatable bonds is 7. The largest absolute Gasteiger partial charge is 0.343 e. The van der Waals surface area contributed by atoms with Crippen LogP contribution in [0.5, 0.6) is 0 Å². The van der Waals surface area contributed by atoms with Crippen LogP contribution in [0.15, 0.2) is 52.4 Å². The average molecular weight is 472 g/mol. The maximum absolute atomic E-state index is 12.6. The van der Waals surface area contributed by atoms with E-state index in [-0.39, 0.29) is 21.6 Å². The topological polar surface area (TPSA) is 79.8 Å². The third-order valence-corrected chi connectivity index (χ3v) is 6.23. The molecule has 2 N–H and O–H groups in total. The van der Waals surface area contributed by atoms with Crippen LogP contribution in [-0.4, -0.2) is 25.9 Å². The summed E-state index contributed by atoms with van der Waals surface area (Å²) in [5, 5.41) is 9.98. The Labute approximate surface area is 186 Å². The molecule has 3 rings (SSSR count). The SMILES string of the molecule is CC(Sc1n[nH]c(=O)n1CCc1ccccc1)C(=O)Nc1cc(Cl)c(Cl)cc1Cl. The zero-order valence-electron chi connectivity index (χ0n) is 15.3. The van der Waals surface area contributed by atoms with Crippen LogP contribution in [0.1, 0.15) is 12.5 Å². The van der Waals surface area contributed by atoms with E-state index in [9.17, 15) is 9.59 Å². The molecule has 1 unspecified atom stereocenters. The number of amides is 1. The van der Waals surface area contributed by atoms with Crippen LogP contribution >= 0.6 is 46.6 Å². The van der Waals surface area contributed by atoms with Crippen molar-refractivity contribution in [2.75, 3.05) is 5.32 Å². The number of carbonyl (C=O) groups is 1. The standard InChI is InChI=1S/C19H17Cl3N4O2S/c1-11(17(27)23-16-10-14(21)13(20)9-15(16)22)29-19-25-24-18(28)26(19)8-7-12-5-3-2-4-6-12/h2-6,9-11H,7-8H2,1H3,(H,23,27)(H,24,28). The van der Waals surface area contributed by atoms with E-state index >= 15 is 0 Å². The predicted octanol–water partition coefficient (Wildman–Crippen LogP) is 4.89. The number of hydrogen-bond donors (Lipinski definition) is 2. The van der Waals surface area contributed by atoms with Crippen LogP contribution < -0.4 is 11.0 Å². The molecule has 152 valence electrons. The number of halogens is 3. The van der Waals surface area contributed by atoms with Crippen LogP contribution in [0.4, 0.5) is 5.69 Å². The van der Waals surface area contributed by atoms with E-state index in [1.807, 2.05) is 30.3 Å². The maximum atomic E-state index is 12.6. The molecule has 29 heavy (non-hydrogen) atoms. The Bertz CT molecular complexity index is 1070. The first-order valence-electron chi connectivity index (χ1n) is 8.66. The second kappa shape index (κ2) is 9.71. The zero-order chi connectivity index (χ0) is 21.0. The van der Waals surface area contributed by atoms with E-state index in [1.54, 1.807) is 6.92 Å². The summed E-state index contributed by atoms with van der Waals surface area (Å²) in [7, 11) is 0. The van der Waals surface area contributed by atoms with Crippen LogP contribution in [0.25, 0.3) is 0 Å². The van der Waals surface area contributed by atoms with Gasteiger partial charge in [0.15, 0.2) is 5.16 Å². The molecule has 2 aromatic carbocycles. The first-order chi connectivity index (χ1) is 13.8. The molecule has 0 bridgehead atoms. The van der Waals surface area contributed by atoms with Crippen LogP contribution in [0.2, 0.25) is 15.1 Å². The van der Waals surface area contributed by atoms with Crippen molar-refractivity contribution in [2.45, 2.75) is 30.3 Å². The normalized spacial score (nSPS) is 12.0. The molecule has 0 spiro atoms. The summed E-state index contributed by atoms with van der Waals surface area (Å²) >= 11 is 19.2. The van der Waals surface area contributed by atoms with E-state index in [1.165, 1.54) is 28.5 Å². The molecule has 1 aromatic heterocycles. The number of nitrogens with zero attached hydrogens (tertiary/aromatic N) is 2. The van der Waals surface area contributed by atoms with Crippen molar-refractivity contribution in [3.63, 3.8) is 0 Å². The molecule has 6 nitrogen and oxygen atoms in total. The smallest absolute Gasteiger partial charge is 0.324 e. The number of thioether (sulfide) groups is 1. The summed E-state index contributed by atoms with van der Waals surface area (Å²) in [5.74, 6) is -0.305. The van der Waals surface area contributed by atoms with Crippen molar-refractivity contribution in [3.8, 4) is 0 Å². The second-order valence-electron chi connectivity index (χ2n) is 6.19. The molecule has 1 heterocycles. The summed E-state index contributed by atoms with van der Waals surface area (Å²) in [6.07, 6.45) is 0.674. The Morgan fingerprint density at radius 2 is 1.86 bits per heavy atom. The van der Waals surface area contributed by atoms with Gasteiger partial charge in [0.2, 0.25) is 5.91 Å². The highest BCUT2D eigenvalue weighted by Crippen LogP contribution is 2.33. The highest BCUT2D eigenvalue weighted by atomic mass is 35.5. The summed E-state index contributed by atoms with van der Waals surface area (Å²) in [4.78, 5) is 24.7. The summed E-state index contributed by atoms with van der Waals surface area (Å²) in [6.45, 7) is 2.17. The third-order valence-electron chi connectivity index (χ3n) is 4.11. The van der Waals surface area contributed by atoms with Gasteiger partial charge in [0, 0.05) is 6.54 Å². The van der Waals surface area contributed by atoms with Crippen LogP contribution in [0.3, 0.4) is 0 Å². The van der Waals surface area contributed by atoms with Gasteiger partial charge in [0.05, 0.1) is 26.0 Å². The monoisotopic (exact) mass is 470 g/mol. The lowest BCUT2D eigenvalue weighted by atomic mass is 10.1. The maximum Gasteiger partial charge on any atom is 0.343 e. The number of aryl methyl sites for hydroxylation is 1. The van der Waals surface area contributed by atoms with E-state index in [0.717, 1.165) is 5.56 Å². The molecule has 0 aliphatic rings. The van der Waals surface area contributed by atoms with Crippen molar-refractivity contribution < 1.29 is 4.79 Å². The molecule has 3 aromatic rings. The Morgan fingerprint density at radius 3 is 2.59 bits per heavy atom. The summed E-state index contributed by atoms with van der Waals surface area (Å²) < 4.78 is 1.52. The van der Waals surface area contributed by atoms with Crippen molar-refractivity contribution in [2.24, 2.45) is 0 Å². The van der Waals surface area contributed by atoms with Crippen molar-refractivity contribution in [1.29, 1.82) is 0 Å². The summed E-state index contributed by atoms with van der Waals surface area (Å²) in [6, 6.07) is 12.8. The first-order valence-corrected chi connectivity index (χ1v) is 10.7. The van der Waals surface area contributed by atoms with Gasteiger partial charge < -0.3 is 5.32 Å². The van der Waals surface area contributed by atoms with Gasteiger partial charge in [-0.05, 0) is 31.0 Å². The second-order valence-corrected chi connectivity index (χ2v) is 8.72. The molecule has 0 aliphatic heterocycles. The van der Waals surface area contributed by atoms with Gasteiger partial charge in [-0.25, -0.2) is 9.89 Å². The molecule has 0 aliphatic carbocycles. The lowest BCUT2D eigenvalue weighted by molar-refractivity contribution is -0.115. The molecule has 0 saturated heterocycles. The lowest BCUT2D eigenvalue weighted by Gasteiger charge is -2.13. The van der Waals surface area contributed by atoms with Crippen molar-refractivity contribution in [1.82, 2.24) is 14.8 Å². The van der Waals surface area contributed by atoms with Crippen molar-refractivity contribution >= 4 is 58.2 Å². The highest BCUT2D eigenvalue weighted by Gasteiger charge is 2.20. The van der Waals surface area contributed by atoms with Gasteiger partial charge >= 0.3 is 5.69 Å². The molecular formula is C19H17Cl3N4O2S. The third kappa shape index (κ3) is 5.57. The van der Waals surface area contributed by atoms with E-state index in [4.69, 9.17) is 34.8 Å². The average Bonchev–Trinajstić information content (AvgIpc) is 3.04. The molecule has 1 amide bonds. The van der Waals surface area contributed by atoms with Crippen LogP contribution in [-0.2, 0) is 17.8 Å². The van der Waals surface area contributed by atoms with E-state index in [0.29, 0.717) is 28.8 Å². The summed E-state index contributed by atoms with van der Waals surface area (Å²) in [5.41, 5.74) is 1.15. The Kier molecular flexibility index (Phi) is 7.29. The first kappa shape index (κ1) is 21.8. The van der Waals surface area contributed by atoms with Gasteiger partial charge in [-0.1, -0.05) is 76.9 Å². The van der Waals surface area contributed by atoms with Gasteiger partial charge in [-0.15, -0.1) is 5.10 Å². The number of aromatic amines is 1. The molecule has 0 fully saturated rings. The zero-order valence-corrected chi connectivity index (χ0v) is 18.4. The number of H-pyrrole nitrogens is 1. The number of benzene rings is 2. The minimum Gasteiger partial charge on any atom is -0.324 e. The quantitative estimate of drug-likeness (QED) is 0.380. The lowest BCUT2D eigenvalue weighted by Crippen LogP contribution is -2.24. The molecule has 0 saturated carbocycles. The molecule has 1 atom stereocenters. The van der Waals surface area contributed by atoms with E-state index < -0.39 is 5.25 Å². The minimum atomic E-state index is -0.536. The molecular weight excluding hydrogens is 455 g/mol. The Hall–Kier alpha value is -1.93. The predicted molar refractivity (Wildman–Crippen MR) is 118 cm³/mol. The fourth-order valence-electron chi connectivity index (χ4n) is 2.54. The fourth-order valence-corrected chi connectivity index (χ4v) is 4.02. The number of carbonyl (C=O) groups excluding carboxylic acids is 1. The van der Waals surface area contributed by atoms with Gasteiger partial charge in [0.25, 0.3) is 0 Å². The number of hydrogen-bond acceptors (Lipinski definition) is 4. The van der Waals surface area contributed by atoms with Crippen LogP contribution in [0, 0.1) is 0 Å². The van der Waals surface area contributed by atoms with Gasteiger partial charge in [-0.3, -0.25) is 9.36 Å². The Balaban J connectivity index is 1.67. The van der Waals surface area contributed by atoms with Crippen molar-refractivity contribution in [3.05, 3.63) is 73.6 Å². The minimum absolute atomic E-state index is 0.282. The molecule has 10 heteroatoms. The van der Waals surface area contributed by atoms with Gasteiger partial charge in [-0.2, -0.15) is 0 Å². The fraction of sp³-hybridized carbons (Fsp3) is 0.211. The highest BCUT2D eigenvalue weighted by molar-refractivity contribution is 8.00. The number of anilines is 1. The Morgan fingerprint density at radius 1 is 1.17 bits per heavy atom. The van der Waals surface area contributed by atoms with Gasteiger partial charge in [0.1, 0.15) is 0 Å².